The van der Waals surface area contributed by atoms with Gasteiger partial charge in [-0.25, -0.2) is 0 Å². The molecule has 0 radical (unpaired) electrons. The van der Waals surface area contributed by atoms with Crippen LogP contribution in [0.1, 0.15) is 65.7 Å². The van der Waals surface area contributed by atoms with Crippen LogP contribution in [-0.4, -0.2) is 48.3 Å². The van der Waals surface area contributed by atoms with E-state index >= 15 is 0 Å². The van der Waals surface area contributed by atoms with Gasteiger partial charge in [-0.1, -0.05) is 51.8 Å². The summed E-state index contributed by atoms with van der Waals surface area (Å²) in [5.74, 6) is 0.673. The largest absolute Gasteiger partial charge is 0.464 e. The summed E-state index contributed by atoms with van der Waals surface area (Å²) in [6.45, 7) is 7.64. The highest BCUT2D eigenvalue weighted by Gasteiger charge is 2.42. The molecule has 0 atom stereocenters. The normalized spacial score (nSPS) is 21.7. The molecule has 0 aromatic heterocycles. The van der Waals surface area contributed by atoms with E-state index < -0.39 is 0 Å². The minimum atomic E-state index is -0.164. The van der Waals surface area contributed by atoms with Gasteiger partial charge in [-0.15, -0.1) is 4.99 Å². The number of nitrogens with one attached hydrogen (secondary N) is 1. The second-order valence-electron chi connectivity index (χ2n) is 8.34. The topological polar surface area (TPSA) is 82.4 Å². The van der Waals surface area contributed by atoms with Gasteiger partial charge < -0.3 is 10.1 Å². The Labute approximate surface area is 174 Å². The highest BCUT2D eigenvalue weighted by molar-refractivity contribution is 8.12. The third-order valence-electron chi connectivity index (χ3n) is 6.56. The van der Waals surface area contributed by atoms with E-state index in [2.05, 4.69) is 25.8 Å². The van der Waals surface area contributed by atoms with E-state index in [0.717, 1.165) is 25.7 Å². The fourth-order valence-electron chi connectivity index (χ4n) is 3.94. The molecule has 6 nitrogen and oxygen atoms in total. The van der Waals surface area contributed by atoms with Gasteiger partial charge in [0.1, 0.15) is 0 Å². The number of rotatable bonds is 6. The molecule has 1 spiro atoms. The van der Waals surface area contributed by atoms with Gasteiger partial charge in [-0.05, 0) is 31.9 Å². The van der Waals surface area contributed by atoms with Gasteiger partial charge in [0.15, 0.2) is 0 Å². The van der Waals surface area contributed by atoms with Gasteiger partial charge in [0.25, 0.3) is 5.24 Å². The first-order valence-corrected chi connectivity index (χ1v) is 11.7. The first kappa shape index (κ1) is 22.9. The molecule has 0 unspecified atom stereocenters. The lowest BCUT2D eigenvalue weighted by molar-refractivity contribution is -0.577. The smallest absolute Gasteiger partial charge is 0.304 e. The van der Waals surface area contributed by atoms with Crippen molar-refractivity contribution < 1.29 is 14.8 Å². The zero-order valence-electron chi connectivity index (χ0n) is 18.1. The summed E-state index contributed by atoms with van der Waals surface area (Å²) in [5.41, 5.74) is 0.471. The Morgan fingerprint density at radius 1 is 1.36 bits per heavy atom. The number of carbonyl (C=O) groups is 1. The Bertz CT molecular complexity index is 634. The number of allylic oxidation sites excluding steroid dienone is 1. The van der Waals surface area contributed by atoms with E-state index in [1.807, 2.05) is 18.4 Å². The number of carbonyl (C=O) groups excluding carboxylic acids is 1. The summed E-state index contributed by atoms with van der Waals surface area (Å²) < 4.78 is 6.07. The second kappa shape index (κ2) is 9.92. The maximum Gasteiger partial charge on any atom is 0.304 e. The molecule has 1 aliphatic carbocycles. The number of amidine groups is 1. The number of amides is 1. The predicted molar refractivity (Wildman–Crippen MR) is 117 cm³/mol. The highest BCUT2D eigenvalue weighted by Crippen LogP contribution is 2.40. The van der Waals surface area contributed by atoms with E-state index in [4.69, 9.17) is 10.1 Å². The molecule has 2 rings (SSSR count). The quantitative estimate of drug-likeness (QED) is 0.651. The molecule has 1 saturated carbocycles. The Morgan fingerprint density at radius 3 is 2.54 bits per heavy atom. The molecule has 1 amide bonds. The van der Waals surface area contributed by atoms with Crippen LogP contribution in [0.3, 0.4) is 0 Å². The third kappa shape index (κ3) is 5.17. The number of nitrogens with zero attached hydrogens (tertiary/aromatic N) is 2. The zero-order chi connectivity index (χ0) is 20.8. The van der Waals surface area contributed by atoms with Gasteiger partial charge >= 0.3 is 6.02 Å². The summed E-state index contributed by atoms with van der Waals surface area (Å²) in [6, 6.07) is 0.377. The zero-order valence-corrected chi connectivity index (χ0v) is 19.0. The fraction of sp³-hybridized carbons (Fsp3) is 0.762. The van der Waals surface area contributed by atoms with Crippen LogP contribution in [-0.2, 0) is 4.74 Å². The van der Waals surface area contributed by atoms with Crippen molar-refractivity contribution in [2.24, 2.45) is 15.8 Å². The lowest BCUT2D eigenvalue weighted by atomic mass is 9.74. The lowest BCUT2D eigenvalue weighted by Gasteiger charge is -2.44. The number of aliphatic imine (C=N–C) groups is 1. The molecule has 7 heteroatoms. The van der Waals surface area contributed by atoms with Crippen LogP contribution in [0, 0.1) is 16.2 Å². The highest BCUT2D eigenvalue weighted by atomic mass is 32.2. The van der Waals surface area contributed by atoms with Crippen LogP contribution < -0.4 is 5.32 Å². The molecule has 3 N–H and O–H groups in total. The average molecular weight is 410 g/mol. The summed E-state index contributed by atoms with van der Waals surface area (Å²) in [5, 5.41) is 10.4. The van der Waals surface area contributed by atoms with Gasteiger partial charge in [0.2, 0.25) is 5.82 Å². The van der Waals surface area contributed by atoms with Crippen LogP contribution in [0.15, 0.2) is 16.9 Å². The van der Waals surface area contributed by atoms with Crippen LogP contribution in [0.2, 0.25) is 0 Å². The molecule has 1 saturated heterocycles. The minimum Gasteiger partial charge on any atom is -0.464 e. The SMILES string of the molecule is CCC(C)(CC)C(=N)/C=C(/N=C1\OCC2(CCCCC2)CN1C(=O)SC)[NH2+]C. The van der Waals surface area contributed by atoms with Gasteiger partial charge in [0, 0.05) is 29.2 Å². The van der Waals surface area contributed by atoms with Crippen molar-refractivity contribution in [2.75, 3.05) is 26.5 Å². The van der Waals surface area contributed by atoms with E-state index in [1.54, 1.807) is 11.2 Å². The average Bonchev–Trinajstić information content (AvgIpc) is 2.73. The fourth-order valence-corrected chi connectivity index (χ4v) is 4.30. The van der Waals surface area contributed by atoms with Crippen molar-refractivity contribution >= 4 is 28.7 Å². The number of quaternary nitrogens is 1. The van der Waals surface area contributed by atoms with Crippen molar-refractivity contribution in [1.29, 1.82) is 5.41 Å². The van der Waals surface area contributed by atoms with Gasteiger partial charge in [-0.3, -0.25) is 15.0 Å². The summed E-state index contributed by atoms with van der Waals surface area (Å²) in [4.78, 5) is 19.0. The number of ether oxygens (including phenoxy) is 1. The molecular weight excluding hydrogens is 372 g/mol. The summed E-state index contributed by atoms with van der Waals surface area (Å²) in [6.07, 6.45) is 11.3. The molecular formula is C21H37N4O2S+. The monoisotopic (exact) mass is 409 g/mol. The molecule has 1 aliphatic heterocycles. The Hall–Kier alpha value is -1.34. The summed E-state index contributed by atoms with van der Waals surface area (Å²) in [7, 11) is 1.91. The molecule has 0 aromatic rings. The summed E-state index contributed by atoms with van der Waals surface area (Å²) >= 11 is 1.20. The van der Waals surface area contributed by atoms with Crippen molar-refractivity contribution in [1.82, 2.24) is 4.90 Å². The third-order valence-corrected chi connectivity index (χ3v) is 7.13. The molecule has 0 aromatic carbocycles. The first-order chi connectivity index (χ1) is 13.3. The first-order valence-electron chi connectivity index (χ1n) is 10.5. The van der Waals surface area contributed by atoms with Gasteiger partial charge in [-0.2, -0.15) is 0 Å². The van der Waals surface area contributed by atoms with E-state index in [1.165, 1.54) is 31.0 Å². The molecule has 0 bridgehead atoms. The molecule has 2 fully saturated rings. The van der Waals surface area contributed by atoms with Gasteiger partial charge in [0.05, 0.1) is 13.7 Å². The Morgan fingerprint density at radius 2 is 2.00 bits per heavy atom. The second-order valence-corrected chi connectivity index (χ2v) is 9.10. The van der Waals surface area contributed by atoms with Crippen molar-refractivity contribution in [2.45, 2.75) is 65.7 Å². The lowest BCUT2D eigenvalue weighted by Crippen LogP contribution is -2.77. The maximum atomic E-state index is 12.6. The van der Waals surface area contributed by atoms with Crippen LogP contribution in [0.4, 0.5) is 4.79 Å². The van der Waals surface area contributed by atoms with Crippen LogP contribution >= 0.6 is 11.8 Å². The van der Waals surface area contributed by atoms with E-state index in [0.29, 0.717) is 30.7 Å². The van der Waals surface area contributed by atoms with Crippen LogP contribution in [0.5, 0.6) is 0 Å². The Balaban J connectivity index is 2.28. The maximum absolute atomic E-state index is 12.6. The molecule has 28 heavy (non-hydrogen) atoms. The predicted octanol–water partition coefficient (Wildman–Crippen LogP) is 3.99. The van der Waals surface area contributed by atoms with E-state index in [9.17, 15) is 4.79 Å². The van der Waals surface area contributed by atoms with Crippen molar-refractivity contribution in [3.8, 4) is 0 Å². The number of nitrogens with two attached hydrogens (primary N) is 1. The number of thioether (sulfide) groups is 1. The molecule has 2 aliphatic rings. The number of hydrogen-bond donors (Lipinski definition) is 2. The molecule has 158 valence electrons. The van der Waals surface area contributed by atoms with Crippen molar-refractivity contribution in [3.63, 3.8) is 0 Å². The Kier molecular flexibility index (Phi) is 8.13. The minimum absolute atomic E-state index is 0.0270. The van der Waals surface area contributed by atoms with Crippen LogP contribution in [0.25, 0.3) is 0 Å². The number of hydrogen-bond acceptors (Lipinski definition) is 5. The van der Waals surface area contributed by atoms with E-state index in [-0.39, 0.29) is 16.1 Å². The molecule has 1 heterocycles. The van der Waals surface area contributed by atoms with Crippen molar-refractivity contribution in [3.05, 3.63) is 11.9 Å². The standard InChI is InChI=1S/C21H36N4O2S/c1-6-20(3,7-2)16(22)13-17(23-4)24-18-25(19(26)28-5)14-21(15-27-18)11-9-8-10-12-21/h13,22-23H,6-12,14-15H2,1-5H3/p+1/b17-13+,22-16?,24-18-.